The van der Waals surface area contributed by atoms with Gasteiger partial charge in [0.1, 0.15) is 0 Å². The summed E-state index contributed by atoms with van der Waals surface area (Å²) in [4.78, 5) is 28.5. The first-order valence-corrected chi connectivity index (χ1v) is 8.35. The molecular weight excluding hydrogens is 308 g/mol. The van der Waals surface area contributed by atoms with Gasteiger partial charge in [-0.25, -0.2) is 4.98 Å². The van der Waals surface area contributed by atoms with E-state index in [1.807, 2.05) is 17.5 Å². The van der Waals surface area contributed by atoms with E-state index in [4.69, 9.17) is 4.74 Å². The van der Waals surface area contributed by atoms with Gasteiger partial charge in [0.25, 0.3) is 0 Å². The SMILES string of the molecule is CCOC(=O)Cc1csc(NC(=O)CCc2cccs2)n1. The predicted octanol–water partition coefficient (Wildman–Crippen LogP) is 2.88. The highest BCUT2D eigenvalue weighted by atomic mass is 32.1. The maximum Gasteiger partial charge on any atom is 0.311 e. The van der Waals surface area contributed by atoms with Gasteiger partial charge in [0.2, 0.25) is 5.91 Å². The number of nitrogens with zero attached hydrogens (tertiary/aromatic N) is 1. The summed E-state index contributed by atoms with van der Waals surface area (Å²) in [5.74, 6) is -0.376. The van der Waals surface area contributed by atoms with Crippen molar-refractivity contribution in [2.75, 3.05) is 11.9 Å². The van der Waals surface area contributed by atoms with Crippen LogP contribution in [-0.2, 0) is 27.2 Å². The van der Waals surface area contributed by atoms with Gasteiger partial charge < -0.3 is 10.1 Å². The molecule has 112 valence electrons. The van der Waals surface area contributed by atoms with Crippen LogP contribution in [0.3, 0.4) is 0 Å². The van der Waals surface area contributed by atoms with E-state index in [0.29, 0.717) is 23.9 Å². The minimum atomic E-state index is -0.307. The lowest BCUT2D eigenvalue weighted by atomic mass is 10.2. The number of thiophene rings is 1. The Morgan fingerprint density at radius 1 is 1.38 bits per heavy atom. The summed E-state index contributed by atoms with van der Waals surface area (Å²) >= 11 is 2.96. The number of aryl methyl sites for hydroxylation is 1. The predicted molar refractivity (Wildman–Crippen MR) is 83.7 cm³/mol. The summed E-state index contributed by atoms with van der Waals surface area (Å²) in [6.07, 6.45) is 1.28. The molecule has 2 heterocycles. The second-order valence-corrected chi connectivity index (χ2v) is 6.14. The van der Waals surface area contributed by atoms with Crippen molar-refractivity contribution in [3.05, 3.63) is 33.5 Å². The highest BCUT2D eigenvalue weighted by Crippen LogP contribution is 2.17. The highest BCUT2D eigenvalue weighted by Gasteiger charge is 2.10. The molecule has 0 saturated carbocycles. The van der Waals surface area contributed by atoms with Crippen LogP contribution in [-0.4, -0.2) is 23.5 Å². The minimum Gasteiger partial charge on any atom is -0.466 e. The molecule has 2 rings (SSSR count). The average Bonchev–Trinajstić information content (AvgIpc) is 3.08. The third-order valence-corrected chi connectivity index (χ3v) is 4.35. The number of carbonyl (C=O) groups is 2. The summed E-state index contributed by atoms with van der Waals surface area (Å²) in [7, 11) is 0. The second kappa shape index (κ2) is 7.90. The Labute approximate surface area is 131 Å². The van der Waals surface area contributed by atoms with Gasteiger partial charge in [-0.05, 0) is 24.8 Å². The molecule has 0 aliphatic carbocycles. The van der Waals surface area contributed by atoms with E-state index in [0.717, 1.165) is 6.42 Å². The number of hydrogen-bond acceptors (Lipinski definition) is 6. The normalized spacial score (nSPS) is 10.3. The lowest BCUT2D eigenvalue weighted by molar-refractivity contribution is -0.142. The van der Waals surface area contributed by atoms with Crippen molar-refractivity contribution in [1.29, 1.82) is 0 Å². The Balaban J connectivity index is 1.78. The molecule has 7 heteroatoms. The molecule has 0 atom stereocenters. The highest BCUT2D eigenvalue weighted by molar-refractivity contribution is 7.14. The molecule has 0 aromatic carbocycles. The molecule has 1 amide bonds. The second-order valence-electron chi connectivity index (χ2n) is 4.25. The van der Waals surface area contributed by atoms with E-state index in [1.54, 1.807) is 23.6 Å². The molecule has 0 aliphatic rings. The molecule has 2 aromatic heterocycles. The Hall–Kier alpha value is -1.73. The Morgan fingerprint density at radius 2 is 2.24 bits per heavy atom. The zero-order valence-electron chi connectivity index (χ0n) is 11.6. The van der Waals surface area contributed by atoms with E-state index >= 15 is 0 Å². The fraction of sp³-hybridized carbons (Fsp3) is 0.357. The third kappa shape index (κ3) is 5.28. The van der Waals surface area contributed by atoms with Gasteiger partial charge in [-0.3, -0.25) is 9.59 Å². The summed E-state index contributed by atoms with van der Waals surface area (Å²) in [5, 5.41) is 7.02. The molecule has 0 fully saturated rings. The van der Waals surface area contributed by atoms with E-state index in [1.165, 1.54) is 16.2 Å². The van der Waals surface area contributed by atoms with Crippen LogP contribution < -0.4 is 5.32 Å². The maximum atomic E-state index is 11.8. The number of carbonyl (C=O) groups excluding carboxylic acids is 2. The van der Waals surface area contributed by atoms with Crippen LogP contribution in [0.15, 0.2) is 22.9 Å². The Kier molecular flexibility index (Phi) is 5.89. The number of amides is 1. The van der Waals surface area contributed by atoms with Gasteiger partial charge in [-0.2, -0.15) is 0 Å². The number of rotatable bonds is 7. The van der Waals surface area contributed by atoms with E-state index in [2.05, 4.69) is 10.3 Å². The summed E-state index contributed by atoms with van der Waals surface area (Å²) in [6.45, 7) is 2.12. The molecule has 21 heavy (non-hydrogen) atoms. The van der Waals surface area contributed by atoms with Crippen molar-refractivity contribution in [2.24, 2.45) is 0 Å². The number of hydrogen-bond donors (Lipinski definition) is 1. The van der Waals surface area contributed by atoms with Crippen LogP contribution in [0.5, 0.6) is 0 Å². The van der Waals surface area contributed by atoms with Gasteiger partial charge >= 0.3 is 5.97 Å². The van der Waals surface area contributed by atoms with Crippen LogP contribution in [0.25, 0.3) is 0 Å². The molecule has 5 nitrogen and oxygen atoms in total. The fourth-order valence-electron chi connectivity index (χ4n) is 1.68. The Morgan fingerprint density at radius 3 is 2.95 bits per heavy atom. The number of esters is 1. The van der Waals surface area contributed by atoms with Crippen molar-refractivity contribution in [1.82, 2.24) is 4.98 Å². The minimum absolute atomic E-state index is 0.0690. The number of ether oxygens (including phenoxy) is 1. The molecule has 0 radical (unpaired) electrons. The number of nitrogens with one attached hydrogen (secondary N) is 1. The quantitative estimate of drug-likeness (QED) is 0.795. The summed E-state index contributed by atoms with van der Waals surface area (Å²) in [5.41, 5.74) is 0.618. The maximum absolute atomic E-state index is 11.8. The zero-order valence-corrected chi connectivity index (χ0v) is 13.3. The Bertz CT molecular complexity index is 593. The van der Waals surface area contributed by atoms with Gasteiger partial charge in [0.15, 0.2) is 5.13 Å². The molecular formula is C14H16N2O3S2. The van der Waals surface area contributed by atoms with Crippen molar-refractivity contribution in [3.8, 4) is 0 Å². The van der Waals surface area contributed by atoms with Gasteiger partial charge in [-0.15, -0.1) is 22.7 Å². The third-order valence-electron chi connectivity index (χ3n) is 2.61. The topological polar surface area (TPSA) is 68.3 Å². The van der Waals surface area contributed by atoms with Crippen LogP contribution in [0, 0.1) is 0 Å². The van der Waals surface area contributed by atoms with Crippen molar-refractivity contribution in [2.45, 2.75) is 26.2 Å². The van der Waals surface area contributed by atoms with Crippen molar-refractivity contribution < 1.29 is 14.3 Å². The lowest BCUT2D eigenvalue weighted by Gasteiger charge is -2.00. The molecule has 2 aromatic rings. The number of thiazole rings is 1. The van der Waals surface area contributed by atoms with Crippen molar-refractivity contribution >= 4 is 39.7 Å². The van der Waals surface area contributed by atoms with Crippen LogP contribution >= 0.6 is 22.7 Å². The molecule has 0 unspecified atom stereocenters. The average molecular weight is 324 g/mol. The molecule has 0 bridgehead atoms. The molecule has 0 spiro atoms. The van der Waals surface area contributed by atoms with E-state index < -0.39 is 0 Å². The first kappa shape index (κ1) is 15.7. The lowest BCUT2D eigenvalue weighted by Crippen LogP contribution is -2.12. The van der Waals surface area contributed by atoms with Gasteiger partial charge in [0.05, 0.1) is 18.7 Å². The van der Waals surface area contributed by atoms with Crippen molar-refractivity contribution in [3.63, 3.8) is 0 Å². The van der Waals surface area contributed by atoms with E-state index in [-0.39, 0.29) is 18.3 Å². The smallest absolute Gasteiger partial charge is 0.311 e. The summed E-state index contributed by atoms with van der Waals surface area (Å²) in [6, 6.07) is 3.99. The first-order valence-electron chi connectivity index (χ1n) is 6.59. The number of aromatic nitrogens is 1. The van der Waals surface area contributed by atoms with Crippen LogP contribution in [0.4, 0.5) is 5.13 Å². The van der Waals surface area contributed by atoms with E-state index in [9.17, 15) is 9.59 Å². The largest absolute Gasteiger partial charge is 0.466 e. The molecule has 0 saturated heterocycles. The van der Waals surface area contributed by atoms with Gasteiger partial charge in [0, 0.05) is 16.7 Å². The van der Waals surface area contributed by atoms with Gasteiger partial charge in [-0.1, -0.05) is 6.07 Å². The zero-order chi connectivity index (χ0) is 15.1. The monoisotopic (exact) mass is 324 g/mol. The molecule has 0 aliphatic heterocycles. The molecule has 1 N–H and O–H groups in total. The standard InChI is InChI=1S/C14H16N2O3S2/c1-2-19-13(18)8-10-9-21-14(15-10)16-12(17)6-5-11-4-3-7-20-11/h3-4,7,9H,2,5-6,8H2,1H3,(H,15,16,17). The number of anilines is 1. The fourth-order valence-corrected chi connectivity index (χ4v) is 3.11. The first-order chi connectivity index (χ1) is 10.2. The van der Waals surface area contributed by atoms with Crippen LogP contribution in [0.1, 0.15) is 23.9 Å². The van der Waals surface area contributed by atoms with Crippen LogP contribution in [0.2, 0.25) is 0 Å². The summed E-state index contributed by atoms with van der Waals surface area (Å²) < 4.78 is 4.86.